The lowest BCUT2D eigenvalue weighted by Crippen LogP contribution is -2.46. The largest absolute Gasteiger partial charge is 0.507 e. The van der Waals surface area contributed by atoms with Crippen LogP contribution in [0.3, 0.4) is 0 Å². The highest BCUT2D eigenvalue weighted by Gasteiger charge is 2.36. The van der Waals surface area contributed by atoms with Gasteiger partial charge in [0.25, 0.3) is 0 Å². The number of ether oxygens (including phenoxy) is 2. The predicted octanol–water partition coefficient (Wildman–Crippen LogP) is 2.56. The molecule has 1 aliphatic heterocycles. The topological polar surface area (TPSA) is 162 Å². The zero-order valence-electron chi connectivity index (χ0n) is 16.4. The number of rotatable bonds is 4. The Morgan fingerprint density at radius 1 is 1.16 bits per heavy atom. The maximum atomic E-state index is 12.9. The van der Waals surface area contributed by atoms with Crippen molar-refractivity contribution in [2.45, 2.75) is 44.5 Å². The van der Waals surface area contributed by atoms with E-state index in [1.54, 1.807) is 6.92 Å². The molecule has 0 bridgehead atoms. The molecular weight excluding hydrogens is 406 g/mol. The van der Waals surface area contributed by atoms with Gasteiger partial charge in [0.15, 0.2) is 12.1 Å². The Bertz CT molecular complexity index is 1130. The summed E-state index contributed by atoms with van der Waals surface area (Å²) in [7, 11) is 0. The second-order valence-electron chi connectivity index (χ2n) is 7.48. The molecule has 2 aromatic carbocycles. The van der Waals surface area contributed by atoms with E-state index < -0.39 is 41.9 Å². The summed E-state index contributed by atoms with van der Waals surface area (Å²) in [4.78, 5) is 28.4. The monoisotopic (exact) mass is 425 g/mol. The van der Waals surface area contributed by atoms with Crippen LogP contribution in [0.4, 0.5) is 0 Å². The third kappa shape index (κ3) is 3.62. The Balaban J connectivity index is 1.58. The van der Waals surface area contributed by atoms with Crippen LogP contribution in [0.25, 0.3) is 10.4 Å². The molecule has 0 spiro atoms. The summed E-state index contributed by atoms with van der Waals surface area (Å²) >= 11 is 0. The van der Waals surface area contributed by atoms with Gasteiger partial charge in [0.05, 0.1) is 36.0 Å². The van der Waals surface area contributed by atoms with E-state index in [4.69, 9.17) is 15.0 Å². The summed E-state index contributed by atoms with van der Waals surface area (Å²) in [6, 6.07) is 6.26. The van der Waals surface area contributed by atoms with E-state index in [1.165, 1.54) is 30.3 Å². The number of carbonyl (C=O) groups is 2. The van der Waals surface area contributed by atoms with E-state index in [0.29, 0.717) is 5.56 Å². The van der Waals surface area contributed by atoms with Gasteiger partial charge in [-0.15, -0.1) is 0 Å². The first-order valence-corrected chi connectivity index (χ1v) is 9.58. The van der Waals surface area contributed by atoms with Crippen molar-refractivity contribution in [3.05, 3.63) is 68.6 Å². The van der Waals surface area contributed by atoms with Crippen LogP contribution in [-0.2, 0) is 16.1 Å². The molecule has 1 aliphatic carbocycles. The third-order valence-corrected chi connectivity index (χ3v) is 5.47. The summed E-state index contributed by atoms with van der Waals surface area (Å²) in [5.41, 5.74) is 8.85. The molecule has 2 aliphatic rings. The second kappa shape index (κ2) is 8.01. The van der Waals surface area contributed by atoms with Crippen molar-refractivity contribution in [2.75, 3.05) is 0 Å². The van der Waals surface area contributed by atoms with Crippen LogP contribution in [0, 0.1) is 0 Å². The first kappa shape index (κ1) is 20.8. The first-order valence-electron chi connectivity index (χ1n) is 9.58. The Hall–Kier alpha value is -3.43. The number of aliphatic hydroxyl groups is 1. The van der Waals surface area contributed by atoms with E-state index in [0.717, 1.165) is 0 Å². The van der Waals surface area contributed by atoms with Gasteiger partial charge in [0.2, 0.25) is 5.78 Å². The molecule has 1 heterocycles. The molecule has 1 unspecified atom stereocenters. The van der Waals surface area contributed by atoms with E-state index >= 15 is 0 Å². The molecule has 10 heteroatoms. The fourth-order valence-electron chi connectivity index (χ4n) is 3.93. The minimum Gasteiger partial charge on any atom is -0.507 e. The fraction of sp³-hybridized carbons (Fsp3) is 0.333. The quantitative estimate of drug-likeness (QED) is 0.329. The number of phenolic OH excluding ortho intramolecular Hbond substituents is 2. The smallest absolute Gasteiger partial charge is 0.201 e. The highest BCUT2D eigenvalue weighted by Crippen LogP contribution is 2.37. The van der Waals surface area contributed by atoms with Gasteiger partial charge in [-0.3, -0.25) is 9.59 Å². The molecule has 3 N–H and O–H groups in total. The minimum atomic E-state index is -0.955. The van der Waals surface area contributed by atoms with Gasteiger partial charge in [-0.05, 0) is 36.2 Å². The highest BCUT2D eigenvalue weighted by molar-refractivity contribution is 6.30. The molecule has 10 nitrogen and oxygen atoms in total. The Kier molecular flexibility index (Phi) is 5.38. The first-order chi connectivity index (χ1) is 14.8. The van der Waals surface area contributed by atoms with Crippen LogP contribution in [0.15, 0.2) is 35.4 Å². The van der Waals surface area contributed by atoms with E-state index in [1.807, 2.05) is 0 Å². The molecule has 31 heavy (non-hydrogen) atoms. The Morgan fingerprint density at radius 2 is 1.90 bits per heavy atom. The maximum Gasteiger partial charge on any atom is 0.201 e. The number of nitrogens with zero attached hydrogens (tertiary/aromatic N) is 3. The van der Waals surface area contributed by atoms with Gasteiger partial charge in [-0.25, -0.2) is 0 Å². The molecule has 0 radical (unpaired) electrons. The molecule has 1 saturated heterocycles. The Morgan fingerprint density at radius 3 is 2.65 bits per heavy atom. The fourth-order valence-corrected chi connectivity index (χ4v) is 3.93. The maximum absolute atomic E-state index is 12.9. The number of fused-ring (bicyclic) bond motifs is 2. The van der Waals surface area contributed by atoms with Gasteiger partial charge in [0, 0.05) is 22.5 Å². The number of phenols is 2. The van der Waals surface area contributed by atoms with Crippen LogP contribution in [-0.4, -0.2) is 51.4 Å². The minimum absolute atomic E-state index is 0.0157. The van der Waals surface area contributed by atoms with Crippen LogP contribution in [0.1, 0.15) is 50.8 Å². The van der Waals surface area contributed by atoms with Crippen molar-refractivity contribution < 1.29 is 34.4 Å². The lowest BCUT2D eigenvalue weighted by molar-refractivity contribution is -0.226. The highest BCUT2D eigenvalue weighted by atomic mass is 16.7. The van der Waals surface area contributed by atoms with Gasteiger partial charge in [-0.1, -0.05) is 17.2 Å². The van der Waals surface area contributed by atoms with Gasteiger partial charge >= 0.3 is 0 Å². The van der Waals surface area contributed by atoms with Gasteiger partial charge in [-0.2, -0.15) is 0 Å². The summed E-state index contributed by atoms with van der Waals surface area (Å²) in [5, 5.41) is 34.0. The molecule has 0 aromatic heterocycles. The summed E-state index contributed by atoms with van der Waals surface area (Å²) < 4.78 is 11.3. The number of benzene rings is 2. The van der Waals surface area contributed by atoms with Crippen LogP contribution >= 0.6 is 0 Å². The SMILES string of the molecule is CC1O[C@@H](OCc2cc(O)c3c(c2)C(=O)c2cccc(O)c2C3=O)C[C@H](N=[N+]=[N-])[C@H]1O. The molecule has 4 atom stereocenters. The van der Waals surface area contributed by atoms with Gasteiger partial charge < -0.3 is 24.8 Å². The summed E-state index contributed by atoms with van der Waals surface area (Å²) in [6.07, 6.45) is -2.21. The van der Waals surface area contributed by atoms with Crippen LogP contribution in [0.2, 0.25) is 0 Å². The normalized spacial score (nSPS) is 24.8. The number of aromatic hydroxyl groups is 2. The van der Waals surface area contributed by atoms with E-state index in [9.17, 15) is 24.9 Å². The number of ketones is 2. The van der Waals surface area contributed by atoms with E-state index in [2.05, 4.69) is 10.0 Å². The average Bonchev–Trinajstić information content (AvgIpc) is 2.73. The second-order valence-corrected chi connectivity index (χ2v) is 7.48. The van der Waals surface area contributed by atoms with Crippen LogP contribution < -0.4 is 0 Å². The number of azide groups is 1. The number of carbonyl (C=O) groups excluding carboxylic acids is 2. The lowest BCUT2D eigenvalue weighted by atomic mass is 9.82. The van der Waals surface area contributed by atoms with E-state index in [-0.39, 0.29) is 41.0 Å². The number of hydrogen-bond donors (Lipinski definition) is 3. The van der Waals surface area contributed by atoms with Crippen molar-refractivity contribution in [2.24, 2.45) is 5.11 Å². The van der Waals surface area contributed by atoms with Crippen molar-refractivity contribution in [1.29, 1.82) is 0 Å². The van der Waals surface area contributed by atoms with Crippen molar-refractivity contribution in [1.82, 2.24) is 0 Å². The number of hydrogen-bond acceptors (Lipinski definition) is 8. The molecule has 0 saturated carbocycles. The standard InChI is InChI=1S/C21H19N3O7/c1-9-19(27)13(23-24-22)7-16(31-9)30-8-10-5-12-18(15(26)6-10)21(29)17-11(20(12)28)3-2-4-14(17)25/h2-6,9,13,16,19,25-27H,7-8H2,1H3/t9?,13-,16+,19-/m0/s1. The van der Waals surface area contributed by atoms with Crippen molar-refractivity contribution >= 4 is 11.6 Å². The zero-order valence-corrected chi connectivity index (χ0v) is 16.4. The third-order valence-electron chi connectivity index (χ3n) is 5.47. The Labute approximate surface area is 176 Å². The molecule has 2 aromatic rings. The van der Waals surface area contributed by atoms with Crippen LogP contribution in [0.5, 0.6) is 11.5 Å². The lowest BCUT2D eigenvalue weighted by Gasteiger charge is -2.35. The van der Waals surface area contributed by atoms with Crippen molar-refractivity contribution in [3.8, 4) is 11.5 Å². The van der Waals surface area contributed by atoms with Gasteiger partial charge in [0.1, 0.15) is 11.5 Å². The molecular formula is C21H19N3O7. The number of aliphatic hydroxyl groups excluding tert-OH is 1. The zero-order chi connectivity index (χ0) is 22.3. The predicted molar refractivity (Wildman–Crippen MR) is 106 cm³/mol. The summed E-state index contributed by atoms with van der Waals surface area (Å²) in [6.45, 7) is 1.56. The average molecular weight is 425 g/mol. The molecule has 160 valence electrons. The summed E-state index contributed by atoms with van der Waals surface area (Å²) in [5.74, 6) is -1.85. The molecule has 4 rings (SSSR count). The molecule has 0 amide bonds. The molecule has 1 fully saturated rings. The van der Waals surface area contributed by atoms with Crippen molar-refractivity contribution in [3.63, 3.8) is 0 Å².